The van der Waals surface area contributed by atoms with Crippen LogP contribution in [0, 0.1) is 0 Å². The Hall–Kier alpha value is -2.07. The van der Waals surface area contributed by atoms with Crippen LogP contribution in [0.1, 0.15) is 18.1 Å². The molecule has 0 saturated heterocycles. The molecule has 3 nitrogen and oxygen atoms in total. The van der Waals surface area contributed by atoms with Gasteiger partial charge in [0.25, 0.3) is 0 Å². The number of carbonyl (C=O) groups is 1. The Morgan fingerprint density at radius 1 is 1.24 bits per heavy atom. The first-order valence-corrected chi connectivity index (χ1v) is 7.34. The molecule has 0 heterocycles. The van der Waals surface area contributed by atoms with Crippen molar-refractivity contribution in [1.82, 2.24) is 0 Å². The fourth-order valence-electron chi connectivity index (χ4n) is 1.94. The van der Waals surface area contributed by atoms with E-state index in [0.29, 0.717) is 17.9 Å². The summed E-state index contributed by atoms with van der Waals surface area (Å²) >= 11 is 3.42. The minimum absolute atomic E-state index is 0.225. The van der Waals surface area contributed by atoms with Gasteiger partial charge in [-0.3, -0.25) is 0 Å². The molecule has 4 heteroatoms. The van der Waals surface area contributed by atoms with Gasteiger partial charge in [0, 0.05) is 4.47 Å². The molecular formula is C17H15BrO3. The van der Waals surface area contributed by atoms with Crippen LogP contribution < -0.4 is 4.74 Å². The predicted octanol–water partition coefficient (Wildman–Crippen LogP) is 4.47. The highest BCUT2D eigenvalue weighted by Crippen LogP contribution is 2.25. The molecule has 0 saturated carbocycles. The molecule has 0 atom stereocenters. The average molecular weight is 347 g/mol. The lowest BCUT2D eigenvalue weighted by molar-refractivity contribution is -0.130. The summed E-state index contributed by atoms with van der Waals surface area (Å²) in [7, 11) is 0. The molecule has 1 N–H and O–H groups in total. The van der Waals surface area contributed by atoms with E-state index in [-0.39, 0.29) is 5.57 Å². The van der Waals surface area contributed by atoms with Crippen LogP contribution in [0.4, 0.5) is 0 Å². The molecule has 21 heavy (non-hydrogen) atoms. The summed E-state index contributed by atoms with van der Waals surface area (Å²) in [5.74, 6) is -0.311. The molecule has 0 spiro atoms. The summed E-state index contributed by atoms with van der Waals surface area (Å²) in [6, 6.07) is 14.6. The smallest absolute Gasteiger partial charge is 0.336 e. The monoisotopic (exact) mass is 346 g/mol. The van der Waals surface area contributed by atoms with Gasteiger partial charge in [-0.25, -0.2) is 4.79 Å². The molecule has 2 rings (SSSR count). The van der Waals surface area contributed by atoms with Gasteiger partial charge in [-0.05, 0) is 42.3 Å². The standard InChI is InChI=1S/C17H15BrO3/c1-2-21-14-8-5-7-12(10-14)15(17(19)20)11-13-6-3-4-9-16(13)18/h3-11H,2H2,1H3,(H,19,20)/b15-11-. The Morgan fingerprint density at radius 3 is 2.67 bits per heavy atom. The van der Waals surface area contributed by atoms with E-state index in [2.05, 4.69) is 15.9 Å². The van der Waals surface area contributed by atoms with Gasteiger partial charge in [-0.2, -0.15) is 0 Å². The first-order valence-electron chi connectivity index (χ1n) is 6.54. The van der Waals surface area contributed by atoms with Gasteiger partial charge in [0.05, 0.1) is 12.2 Å². The van der Waals surface area contributed by atoms with Crippen LogP contribution in [0.25, 0.3) is 11.6 Å². The highest BCUT2D eigenvalue weighted by molar-refractivity contribution is 9.10. The quantitative estimate of drug-likeness (QED) is 0.641. The summed E-state index contributed by atoms with van der Waals surface area (Å²) in [5, 5.41) is 9.48. The van der Waals surface area contributed by atoms with E-state index >= 15 is 0 Å². The summed E-state index contributed by atoms with van der Waals surface area (Å²) in [6.45, 7) is 2.43. The van der Waals surface area contributed by atoms with Crippen LogP contribution in [-0.4, -0.2) is 17.7 Å². The maximum absolute atomic E-state index is 11.6. The van der Waals surface area contributed by atoms with E-state index in [1.165, 1.54) is 0 Å². The minimum Gasteiger partial charge on any atom is -0.494 e. The molecular weight excluding hydrogens is 332 g/mol. The molecule has 0 unspecified atom stereocenters. The van der Waals surface area contributed by atoms with Crippen molar-refractivity contribution in [1.29, 1.82) is 0 Å². The average Bonchev–Trinajstić information content (AvgIpc) is 2.46. The summed E-state index contributed by atoms with van der Waals surface area (Å²) < 4.78 is 6.27. The van der Waals surface area contributed by atoms with Crippen LogP contribution in [0.15, 0.2) is 53.0 Å². The Kier molecular flexibility index (Phi) is 5.17. The highest BCUT2D eigenvalue weighted by atomic mass is 79.9. The molecule has 0 aliphatic heterocycles. The topological polar surface area (TPSA) is 46.5 Å². The Bertz CT molecular complexity index is 677. The van der Waals surface area contributed by atoms with Crippen molar-refractivity contribution in [2.45, 2.75) is 6.92 Å². The zero-order valence-corrected chi connectivity index (χ0v) is 13.1. The molecule has 2 aromatic carbocycles. The molecule has 0 bridgehead atoms. The Labute approximate surface area is 132 Å². The molecule has 0 fully saturated rings. The van der Waals surface area contributed by atoms with Crippen LogP contribution in [-0.2, 0) is 4.79 Å². The zero-order valence-electron chi connectivity index (χ0n) is 11.5. The summed E-state index contributed by atoms with van der Waals surface area (Å²) in [6.07, 6.45) is 1.65. The number of hydrogen-bond donors (Lipinski definition) is 1. The molecule has 0 radical (unpaired) electrons. The third-order valence-electron chi connectivity index (χ3n) is 2.89. The Balaban J connectivity index is 2.47. The lowest BCUT2D eigenvalue weighted by Crippen LogP contribution is -2.00. The van der Waals surface area contributed by atoms with E-state index in [4.69, 9.17) is 4.74 Å². The van der Waals surface area contributed by atoms with E-state index in [1.54, 1.807) is 24.3 Å². The van der Waals surface area contributed by atoms with Crippen molar-refractivity contribution in [2.75, 3.05) is 6.61 Å². The minimum atomic E-state index is -0.973. The van der Waals surface area contributed by atoms with Crippen molar-refractivity contribution in [3.63, 3.8) is 0 Å². The summed E-state index contributed by atoms with van der Waals surface area (Å²) in [4.78, 5) is 11.6. The second-order valence-electron chi connectivity index (χ2n) is 4.35. The summed E-state index contributed by atoms with van der Waals surface area (Å²) in [5.41, 5.74) is 1.66. The van der Waals surface area contributed by atoms with Gasteiger partial charge in [0.2, 0.25) is 0 Å². The van der Waals surface area contributed by atoms with E-state index < -0.39 is 5.97 Å². The SMILES string of the molecule is CCOc1cccc(/C(=C/c2ccccc2Br)C(=O)O)c1. The van der Waals surface area contributed by atoms with Gasteiger partial charge in [0.15, 0.2) is 0 Å². The van der Waals surface area contributed by atoms with E-state index in [1.807, 2.05) is 37.3 Å². The van der Waals surface area contributed by atoms with Crippen LogP contribution in [0.5, 0.6) is 5.75 Å². The van der Waals surface area contributed by atoms with Gasteiger partial charge in [-0.15, -0.1) is 0 Å². The lowest BCUT2D eigenvalue weighted by atomic mass is 10.0. The first-order chi connectivity index (χ1) is 10.1. The Morgan fingerprint density at radius 2 is 2.00 bits per heavy atom. The number of rotatable bonds is 5. The first kappa shape index (κ1) is 15.3. The van der Waals surface area contributed by atoms with E-state index in [0.717, 1.165) is 10.0 Å². The highest BCUT2D eigenvalue weighted by Gasteiger charge is 2.12. The van der Waals surface area contributed by atoms with Gasteiger partial charge >= 0.3 is 5.97 Å². The fraction of sp³-hybridized carbons (Fsp3) is 0.118. The second kappa shape index (κ2) is 7.09. The molecule has 0 amide bonds. The fourth-order valence-corrected chi connectivity index (χ4v) is 2.34. The third kappa shape index (κ3) is 3.95. The molecule has 0 aliphatic carbocycles. The number of ether oxygens (including phenoxy) is 1. The van der Waals surface area contributed by atoms with Crippen LogP contribution in [0.2, 0.25) is 0 Å². The number of halogens is 1. The van der Waals surface area contributed by atoms with Crippen LogP contribution in [0.3, 0.4) is 0 Å². The van der Waals surface area contributed by atoms with Gasteiger partial charge < -0.3 is 9.84 Å². The largest absolute Gasteiger partial charge is 0.494 e. The van der Waals surface area contributed by atoms with Crippen molar-refractivity contribution < 1.29 is 14.6 Å². The lowest BCUT2D eigenvalue weighted by Gasteiger charge is -2.07. The maximum atomic E-state index is 11.6. The van der Waals surface area contributed by atoms with Gasteiger partial charge in [0.1, 0.15) is 5.75 Å². The molecule has 108 valence electrons. The number of carboxylic acid groups (broad SMARTS) is 1. The van der Waals surface area contributed by atoms with Crippen molar-refractivity contribution >= 4 is 33.5 Å². The van der Waals surface area contributed by atoms with Crippen molar-refractivity contribution in [2.24, 2.45) is 0 Å². The van der Waals surface area contributed by atoms with Crippen molar-refractivity contribution in [3.05, 3.63) is 64.1 Å². The maximum Gasteiger partial charge on any atom is 0.336 e. The van der Waals surface area contributed by atoms with Gasteiger partial charge in [-0.1, -0.05) is 46.3 Å². The number of aliphatic carboxylic acids is 1. The van der Waals surface area contributed by atoms with Crippen LogP contribution >= 0.6 is 15.9 Å². The molecule has 2 aromatic rings. The van der Waals surface area contributed by atoms with E-state index in [9.17, 15) is 9.90 Å². The number of hydrogen-bond acceptors (Lipinski definition) is 2. The number of carboxylic acids is 1. The number of benzene rings is 2. The zero-order chi connectivity index (χ0) is 15.2. The van der Waals surface area contributed by atoms with Crippen molar-refractivity contribution in [3.8, 4) is 5.75 Å². The predicted molar refractivity (Wildman–Crippen MR) is 87.3 cm³/mol. The molecule has 0 aromatic heterocycles. The normalized spacial score (nSPS) is 11.2. The molecule has 0 aliphatic rings. The third-order valence-corrected chi connectivity index (χ3v) is 3.61. The second-order valence-corrected chi connectivity index (χ2v) is 5.20.